The van der Waals surface area contributed by atoms with Crippen molar-refractivity contribution in [2.75, 3.05) is 57.4 Å². The monoisotopic (exact) mass is 825 g/mol. The molecule has 10 nitrogen and oxygen atoms in total. The van der Waals surface area contributed by atoms with E-state index in [1.807, 2.05) is 98.5 Å². The van der Waals surface area contributed by atoms with Gasteiger partial charge in [-0.3, -0.25) is 15.0 Å². The largest absolute Gasteiger partial charge is 0.445 e. The zero-order valence-electron chi connectivity index (χ0n) is 34.0. The van der Waals surface area contributed by atoms with Crippen LogP contribution in [0.5, 0.6) is 0 Å². The van der Waals surface area contributed by atoms with Crippen molar-refractivity contribution in [2.24, 2.45) is 5.92 Å². The van der Waals surface area contributed by atoms with Gasteiger partial charge in [-0.2, -0.15) is 0 Å². The molecule has 58 heavy (non-hydrogen) atoms. The highest BCUT2D eigenvalue weighted by Gasteiger charge is 2.37. The van der Waals surface area contributed by atoms with Gasteiger partial charge in [-0.25, -0.2) is 9.59 Å². The molecule has 0 saturated carbocycles. The van der Waals surface area contributed by atoms with Crippen LogP contribution in [0, 0.1) is 5.92 Å². The first kappa shape index (κ1) is 43.0. The third kappa shape index (κ3) is 12.2. The number of nitrogens with zero attached hydrogens (tertiary/aromatic N) is 3. The number of ether oxygens (including phenoxy) is 2. The lowest BCUT2D eigenvalue weighted by molar-refractivity contribution is -0.137. The molecule has 0 aromatic heterocycles. The number of halogens is 1. The van der Waals surface area contributed by atoms with Gasteiger partial charge in [-0.15, -0.1) is 11.8 Å². The highest BCUT2D eigenvalue weighted by molar-refractivity contribution is 7.98. The number of rotatable bonds is 13. The van der Waals surface area contributed by atoms with Gasteiger partial charge < -0.3 is 24.6 Å². The van der Waals surface area contributed by atoms with Gasteiger partial charge in [0.15, 0.2) is 0 Å². The van der Waals surface area contributed by atoms with Crippen LogP contribution in [0.1, 0.15) is 50.3 Å². The number of hydrogen-bond donors (Lipinski definition) is 2. The molecule has 3 amide bonds. The molecule has 4 aromatic carbocycles. The lowest BCUT2D eigenvalue weighted by Crippen LogP contribution is -2.58. The van der Waals surface area contributed by atoms with E-state index in [1.165, 1.54) is 10.5 Å². The number of piperazine rings is 1. The van der Waals surface area contributed by atoms with Crippen LogP contribution < -0.4 is 10.6 Å². The summed E-state index contributed by atoms with van der Waals surface area (Å²) >= 11 is 8.29. The number of likely N-dealkylation sites (tertiary alicyclic amines) is 1. The van der Waals surface area contributed by atoms with Gasteiger partial charge in [-0.1, -0.05) is 84.4 Å². The van der Waals surface area contributed by atoms with E-state index in [1.54, 1.807) is 11.8 Å². The summed E-state index contributed by atoms with van der Waals surface area (Å²) in [4.78, 5) is 48.3. The molecule has 4 aromatic rings. The summed E-state index contributed by atoms with van der Waals surface area (Å²) in [5, 5.41) is 6.59. The number of thioether (sulfide) groups is 1. The first-order valence-corrected chi connectivity index (χ1v) is 21.8. The van der Waals surface area contributed by atoms with Crippen LogP contribution in [0.2, 0.25) is 5.02 Å². The van der Waals surface area contributed by atoms with Crippen LogP contribution in [0.15, 0.2) is 102 Å². The number of alkyl carbamates (subject to hydrolysis) is 1. The highest BCUT2D eigenvalue weighted by Crippen LogP contribution is 2.34. The van der Waals surface area contributed by atoms with E-state index in [0.29, 0.717) is 23.8 Å². The Morgan fingerprint density at radius 3 is 2.21 bits per heavy atom. The van der Waals surface area contributed by atoms with Crippen LogP contribution >= 0.6 is 23.4 Å². The second-order valence-corrected chi connectivity index (χ2v) is 17.3. The van der Waals surface area contributed by atoms with Gasteiger partial charge >= 0.3 is 12.2 Å². The fourth-order valence-corrected chi connectivity index (χ4v) is 8.54. The van der Waals surface area contributed by atoms with Crippen molar-refractivity contribution >= 4 is 47.1 Å². The molecule has 0 unspecified atom stereocenters. The summed E-state index contributed by atoms with van der Waals surface area (Å²) in [6.07, 6.45) is 3.26. The molecule has 0 bridgehead atoms. The van der Waals surface area contributed by atoms with Crippen molar-refractivity contribution in [2.45, 2.75) is 69.7 Å². The van der Waals surface area contributed by atoms with Crippen LogP contribution in [0.3, 0.4) is 0 Å². The van der Waals surface area contributed by atoms with Crippen molar-refractivity contribution in [3.05, 3.63) is 119 Å². The minimum atomic E-state index is -0.678. The number of anilines is 1. The molecule has 2 N–H and O–H groups in total. The number of para-hydroxylation sites is 1. The average molecular weight is 827 g/mol. The minimum Gasteiger partial charge on any atom is -0.445 e. The smallest absolute Gasteiger partial charge is 0.412 e. The number of carbonyl (C=O) groups excluding carboxylic acids is 3. The maximum Gasteiger partial charge on any atom is 0.412 e. The maximum absolute atomic E-state index is 14.3. The number of piperidine rings is 1. The van der Waals surface area contributed by atoms with Crippen molar-refractivity contribution in [1.82, 2.24) is 20.0 Å². The second kappa shape index (κ2) is 20.4. The van der Waals surface area contributed by atoms with E-state index in [9.17, 15) is 14.4 Å². The molecular weight excluding hydrogens is 770 g/mol. The van der Waals surface area contributed by atoms with E-state index < -0.39 is 23.8 Å². The standard InChI is InChI=1S/C46H56ClN5O5S/c1-46(2,3)57-45(55)48-40-16-10-9-15-39(40)38-19-18-37(47)30-35(38)22-25-50-23-20-34(21-24-50)42(49-44(54)56-32-33-12-6-5-7-13-33)43(53)52-28-26-51(27-29-52)31-36-14-8-11-17-41(36)58-4/h5-19,30,34,42H,20-29,31-32H2,1-4H3,(H,48,55)(H,49,54)/t42-/m1/s1. The van der Waals surface area contributed by atoms with E-state index >= 15 is 0 Å². The number of hydrogen-bond acceptors (Lipinski definition) is 8. The molecule has 2 saturated heterocycles. The third-order valence-electron chi connectivity index (χ3n) is 10.7. The van der Waals surface area contributed by atoms with Crippen molar-refractivity contribution in [3.8, 4) is 11.1 Å². The van der Waals surface area contributed by atoms with Gasteiger partial charge in [0, 0.05) is 54.8 Å². The number of benzene rings is 4. The molecule has 2 fully saturated rings. The Morgan fingerprint density at radius 1 is 0.793 bits per heavy atom. The molecule has 2 aliphatic heterocycles. The molecule has 12 heteroatoms. The van der Waals surface area contributed by atoms with E-state index in [0.717, 1.165) is 80.8 Å². The SMILES string of the molecule is CSc1ccccc1CN1CCN(C(=O)[C@H](NC(=O)OCc2ccccc2)C2CCN(CCc3cc(Cl)ccc3-c3ccccc3NC(=O)OC(C)(C)C)CC2)CC1. The van der Waals surface area contributed by atoms with Gasteiger partial charge in [0.05, 0.1) is 5.69 Å². The Kier molecular flexibility index (Phi) is 15.2. The molecule has 308 valence electrons. The molecular formula is C46H56ClN5O5S. The molecule has 0 aliphatic carbocycles. The Balaban J connectivity index is 1.09. The topological polar surface area (TPSA) is 103 Å². The van der Waals surface area contributed by atoms with Gasteiger partial charge in [0.2, 0.25) is 5.91 Å². The third-order valence-corrected chi connectivity index (χ3v) is 11.8. The number of amides is 3. The zero-order chi connectivity index (χ0) is 41.1. The van der Waals surface area contributed by atoms with E-state index in [2.05, 4.69) is 51.0 Å². The fraction of sp³-hybridized carbons (Fsp3) is 0.413. The van der Waals surface area contributed by atoms with Crippen LogP contribution in [0.25, 0.3) is 11.1 Å². The maximum atomic E-state index is 14.3. The molecule has 2 aliphatic rings. The zero-order valence-corrected chi connectivity index (χ0v) is 35.6. The first-order valence-electron chi connectivity index (χ1n) is 20.2. The highest BCUT2D eigenvalue weighted by atomic mass is 35.5. The number of carbonyl (C=O) groups is 3. The Bertz CT molecular complexity index is 1990. The molecule has 0 radical (unpaired) electrons. The van der Waals surface area contributed by atoms with Crippen LogP contribution in [0.4, 0.5) is 15.3 Å². The lowest BCUT2D eigenvalue weighted by Gasteiger charge is -2.40. The van der Waals surface area contributed by atoms with E-state index in [4.69, 9.17) is 21.1 Å². The van der Waals surface area contributed by atoms with Gasteiger partial charge in [0.25, 0.3) is 0 Å². The summed E-state index contributed by atoms with van der Waals surface area (Å²) in [5.74, 6) is -0.0754. The predicted octanol–water partition coefficient (Wildman–Crippen LogP) is 8.97. The first-order chi connectivity index (χ1) is 28.0. The summed E-state index contributed by atoms with van der Waals surface area (Å²) in [5.41, 5.74) is 5.17. The molecule has 6 rings (SSSR count). The van der Waals surface area contributed by atoms with Crippen molar-refractivity contribution in [3.63, 3.8) is 0 Å². The summed E-state index contributed by atoms with van der Waals surface area (Å²) < 4.78 is 11.2. The van der Waals surface area contributed by atoms with Crippen molar-refractivity contribution in [1.29, 1.82) is 0 Å². The molecule has 1 atom stereocenters. The average Bonchev–Trinajstić information content (AvgIpc) is 3.22. The van der Waals surface area contributed by atoms with Crippen LogP contribution in [-0.2, 0) is 33.8 Å². The molecule has 2 heterocycles. The Labute approximate surface area is 352 Å². The van der Waals surface area contributed by atoms with E-state index in [-0.39, 0.29) is 18.4 Å². The lowest BCUT2D eigenvalue weighted by atomic mass is 9.88. The van der Waals surface area contributed by atoms with Crippen molar-refractivity contribution < 1.29 is 23.9 Å². The normalized spacial score (nSPS) is 16.1. The fourth-order valence-electron chi connectivity index (χ4n) is 7.73. The number of nitrogens with one attached hydrogen (secondary N) is 2. The summed E-state index contributed by atoms with van der Waals surface area (Å²) in [6.45, 7) is 11.6. The van der Waals surface area contributed by atoms with Gasteiger partial charge in [0.1, 0.15) is 18.2 Å². The Morgan fingerprint density at radius 2 is 1.48 bits per heavy atom. The molecule has 0 spiro atoms. The quantitative estimate of drug-likeness (QED) is 0.129. The summed E-state index contributed by atoms with van der Waals surface area (Å²) in [7, 11) is 0. The van der Waals surface area contributed by atoms with Crippen LogP contribution in [-0.4, -0.2) is 96.5 Å². The predicted molar refractivity (Wildman–Crippen MR) is 233 cm³/mol. The van der Waals surface area contributed by atoms with Gasteiger partial charge in [-0.05, 0) is 112 Å². The summed E-state index contributed by atoms with van der Waals surface area (Å²) in [6, 6.07) is 30.9. The minimum absolute atomic E-state index is 0.0351. The second-order valence-electron chi connectivity index (χ2n) is 16.0. The Hall–Kier alpha value is -4.55.